The van der Waals surface area contributed by atoms with Crippen molar-refractivity contribution < 1.29 is 9.53 Å². The van der Waals surface area contributed by atoms with Crippen LogP contribution in [0.2, 0.25) is 0 Å². The number of Topliss-reactive ketones (excluding diaryl/α,β-unsaturated/α-hetero) is 1. The van der Waals surface area contributed by atoms with Gasteiger partial charge in [0, 0.05) is 13.0 Å². The molecule has 0 aromatic heterocycles. The summed E-state index contributed by atoms with van der Waals surface area (Å²) in [5.41, 5.74) is 0. The Morgan fingerprint density at radius 3 is 2.67 bits per heavy atom. The summed E-state index contributed by atoms with van der Waals surface area (Å²) >= 11 is 0. The number of hydrogen-bond acceptors (Lipinski definition) is 2. The van der Waals surface area contributed by atoms with Gasteiger partial charge in [0.2, 0.25) is 0 Å². The van der Waals surface area contributed by atoms with Crippen LogP contribution < -0.4 is 0 Å². The van der Waals surface area contributed by atoms with Gasteiger partial charge < -0.3 is 4.74 Å². The molecule has 2 heteroatoms. The average Bonchev–Trinajstić information content (AvgIpc) is 1.60. The molecule has 1 rings (SSSR count). The second-order valence-electron chi connectivity index (χ2n) is 2.53. The molecule has 0 unspecified atom stereocenters. The van der Waals surface area contributed by atoms with Crippen LogP contribution in [0.4, 0.5) is 0 Å². The minimum absolute atomic E-state index is 0.281. The molecule has 0 N–H and O–H groups in total. The van der Waals surface area contributed by atoms with E-state index < -0.39 is 0 Å². The molecule has 1 aliphatic carbocycles. The quantitative estimate of drug-likeness (QED) is 0.566. The monoisotopic (exact) mass is 128 g/mol. The number of hydrogen-bond donors (Lipinski definition) is 0. The van der Waals surface area contributed by atoms with Gasteiger partial charge in [-0.05, 0) is 12.8 Å². The molecule has 0 aromatic rings. The van der Waals surface area contributed by atoms with Crippen LogP contribution in [0.1, 0.15) is 19.3 Å². The molecule has 1 fully saturated rings. The van der Waals surface area contributed by atoms with E-state index in [1.165, 1.54) is 6.42 Å². The predicted octanol–water partition coefficient (Wildman–Crippen LogP) is 1.00. The summed E-state index contributed by atoms with van der Waals surface area (Å²) in [6.07, 6.45) is 3.39. The van der Waals surface area contributed by atoms with Crippen LogP contribution >= 0.6 is 0 Å². The second kappa shape index (κ2) is 2.97. The van der Waals surface area contributed by atoms with Crippen LogP contribution in [0.3, 0.4) is 0 Å². The lowest BCUT2D eigenvalue weighted by molar-refractivity contribution is -0.128. The Balaban J connectivity index is 2.16. The van der Waals surface area contributed by atoms with Crippen LogP contribution in [0.15, 0.2) is 0 Å². The third-order valence-electron chi connectivity index (χ3n) is 1.85. The molecule has 0 aliphatic heterocycles. The molecule has 0 bridgehead atoms. The van der Waals surface area contributed by atoms with Gasteiger partial charge in [-0.15, -0.1) is 0 Å². The van der Waals surface area contributed by atoms with E-state index in [4.69, 9.17) is 4.74 Å². The van der Waals surface area contributed by atoms with E-state index in [-0.39, 0.29) is 5.78 Å². The summed E-state index contributed by atoms with van der Waals surface area (Å²) in [5.74, 6) is 0.619. The first kappa shape index (κ1) is 6.75. The molecule has 9 heavy (non-hydrogen) atoms. The second-order valence-corrected chi connectivity index (χ2v) is 2.53. The Morgan fingerprint density at radius 2 is 2.33 bits per heavy atom. The van der Waals surface area contributed by atoms with Gasteiger partial charge >= 0.3 is 0 Å². The van der Waals surface area contributed by atoms with Gasteiger partial charge in [0.1, 0.15) is 6.61 Å². The molecule has 2 nitrogen and oxygen atoms in total. The van der Waals surface area contributed by atoms with E-state index in [0.717, 1.165) is 12.8 Å². The fraction of sp³-hybridized carbons (Fsp3) is 0.857. The standard InChI is InChI=1S/C7H12O2/c1-9-5-7(8)6-3-2-4-6/h6H,2-5H2,1H3. The minimum atomic E-state index is 0.281. The van der Waals surface area contributed by atoms with Gasteiger partial charge in [-0.1, -0.05) is 6.42 Å². The van der Waals surface area contributed by atoms with Gasteiger partial charge in [-0.3, -0.25) is 4.79 Å². The van der Waals surface area contributed by atoms with Crippen LogP contribution in [0.25, 0.3) is 0 Å². The van der Waals surface area contributed by atoms with Crippen molar-refractivity contribution in [1.29, 1.82) is 0 Å². The summed E-state index contributed by atoms with van der Waals surface area (Å²) in [5, 5.41) is 0. The van der Waals surface area contributed by atoms with Crippen molar-refractivity contribution in [2.24, 2.45) is 5.92 Å². The fourth-order valence-corrected chi connectivity index (χ4v) is 0.990. The van der Waals surface area contributed by atoms with E-state index in [2.05, 4.69) is 0 Å². The maximum Gasteiger partial charge on any atom is 0.161 e. The molecular weight excluding hydrogens is 116 g/mol. The Labute approximate surface area is 55.2 Å². The van der Waals surface area contributed by atoms with Gasteiger partial charge in [0.05, 0.1) is 0 Å². The van der Waals surface area contributed by atoms with Crippen LogP contribution in [-0.2, 0) is 9.53 Å². The van der Waals surface area contributed by atoms with Crippen molar-refractivity contribution >= 4 is 5.78 Å². The Hall–Kier alpha value is -0.370. The minimum Gasteiger partial charge on any atom is -0.377 e. The Morgan fingerprint density at radius 1 is 1.67 bits per heavy atom. The summed E-state index contributed by atoms with van der Waals surface area (Å²) in [6, 6.07) is 0. The molecule has 0 aromatic carbocycles. The third-order valence-corrected chi connectivity index (χ3v) is 1.85. The van der Waals surface area contributed by atoms with E-state index >= 15 is 0 Å². The molecule has 52 valence electrons. The van der Waals surface area contributed by atoms with Gasteiger partial charge in [-0.25, -0.2) is 0 Å². The molecule has 0 atom stereocenters. The lowest BCUT2D eigenvalue weighted by atomic mass is 9.82. The number of carbonyl (C=O) groups is 1. The molecule has 0 amide bonds. The number of rotatable bonds is 3. The third kappa shape index (κ3) is 1.52. The van der Waals surface area contributed by atoms with E-state index in [0.29, 0.717) is 12.5 Å². The first-order valence-electron chi connectivity index (χ1n) is 3.36. The zero-order chi connectivity index (χ0) is 6.69. The first-order valence-corrected chi connectivity index (χ1v) is 3.36. The molecular formula is C7H12O2. The lowest BCUT2D eigenvalue weighted by Gasteiger charge is -2.22. The number of ketones is 1. The van der Waals surface area contributed by atoms with Gasteiger partial charge in [-0.2, -0.15) is 0 Å². The number of carbonyl (C=O) groups excluding carboxylic acids is 1. The summed E-state index contributed by atoms with van der Waals surface area (Å²) < 4.78 is 4.71. The Bertz CT molecular complexity index is 105. The van der Waals surface area contributed by atoms with E-state index in [1.807, 2.05) is 0 Å². The number of methoxy groups -OCH3 is 1. The molecule has 1 aliphatic rings. The highest BCUT2D eigenvalue weighted by Gasteiger charge is 2.24. The first-order chi connectivity index (χ1) is 4.34. The van der Waals surface area contributed by atoms with Crippen LogP contribution in [-0.4, -0.2) is 19.5 Å². The molecule has 0 spiro atoms. The number of ether oxygens (including phenoxy) is 1. The lowest BCUT2D eigenvalue weighted by Crippen LogP contribution is -2.25. The van der Waals surface area contributed by atoms with Gasteiger partial charge in [0.15, 0.2) is 5.78 Å². The van der Waals surface area contributed by atoms with Crippen molar-refractivity contribution in [1.82, 2.24) is 0 Å². The summed E-state index contributed by atoms with van der Waals surface area (Å²) in [6.45, 7) is 0.310. The van der Waals surface area contributed by atoms with Gasteiger partial charge in [0.25, 0.3) is 0 Å². The maximum absolute atomic E-state index is 10.9. The fourth-order valence-electron chi connectivity index (χ4n) is 0.990. The Kier molecular flexibility index (Phi) is 2.22. The average molecular weight is 128 g/mol. The van der Waals surface area contributed by atoms with Crippen molar-refractivity contribution in [3.8, 4) is 0 Å². The SMILES string of the molecule is COCC(=O)C1CCC1. The van der Waals surface area contributed by atoms with Crippen LogP contribution in [0, 0.1) is 5.92 Å². The molecule has 0 saturated heterocycles. The summed E-state index contributed by atoms with van der Waals surface area (Å²) in [4.78, 5) is 10.9. The molecule has 1 saturated carbocycles. The highest BCUT2D eigenvalue weighted by atomic mass is 16.5. The zero-order valence-electron chi connectivity index (χ0n) is 5.72. The highest BCUT2D eigenvalue weighted by molar-refractivity contribution is 5.82. The molecule has 0 radical (unpaired) electrons. The van der Waals surface area contributed by atoms with E-state index in [9.17, 15) is 4.79 Å². The van der Waals surface area contributed by atoms with Crippen molar-refractivity contribution in [3.63, 3.8) is 0 Å². The topological polar surface area (TPSA) is 26.3 Å². The maximum atomic E-state index is 10.9. The molecule has 0 heterocycles. The normalized spacial score (nSPS) is 19.2. The van der Waals surface area contributed by atoms with Crippen molar-refractivity contribution in [2.45, 2.75) is 19.3 Å². The smallest absolute Gasteiger partial charge is 0.161 e. The predicted molar refractivity (Wildman–Crippen MR) is 34.2 cm³/mol. The highest BCUT2D eigenvalue weighted by Crippen LogP contribution is 2.26. The zero-order valence-corrected chi connectivity index (χ0v) is 5.72. The van der Waals surface area contributed by atoms with Crippen molar-refractivity contribution in [2.75, 3.05) is 13.7 Å². The largest absolute Gasteiger partial charge is 0.377 e. The van der Waals surface area contributed by atoms with Crippen molar-refractivity contribution in [3.05, 3.63) is 0 Å². The van der Waals surface area contributed by atoms with E-state index in [1.54, 1.807) is 7.11 Å². The summed E-state index contributed by atoms with van der Waals surface area (Å²) in [7, 11) is 1.57. The van der Waals surface area contributed by atoms with Crippen LogP contribution in [0.5, 0.6) is 0 Å².